The zero-order valence-corrected chi connectivity index (χ0v) is 13.9. The van der Waals surface area contributed by atoms with E-state index >= 15 is 0 Å². The Balaban J connectivity index is 1.92. The summed E-state index contributed by atoms with van der Waals surface area (Å²) in [5.74, 6) is 0.828. The first kappa shape index (κ1) is 18.1. The Hall–Kier alpha value is -3.29. The van der Waals surface area contributed by atoms with Crippen molar-refractivity contribution in [3.8, 4) is 17.2 Å². The molecule has 132 valence electrons. The van der Waals surface area contributed by atoms with Crippen molar-refractivity contribution >= 4 is 11.6 Å². The Morgan fingerprint density at radius 1 is 1.08 bits per heavy atom. The SMILES string of the molecule is COc1ccccc1OCCNC(=O)c1ccc(OC)c([N+](=O)[O-])c1. The Kier molecular flexibility index (Phi) is 6.16. The number of nitrogens with one attached hydrogen (secondary N) is 1. The molecule has 0 atom stereocenters. The highest BCUT2D eigenvalue weighted by molar-refractivity contribution is 5.95. The van der Waals surface area contributed by atoms with Gasteiger partial charge in [0.2, 0.25) is 0 Å². The van der Waals surface area contributed by atoms with Gasteiger partial charge in [0, 0.05) is 11.6 Å². The molecule has 0 saturated carbocycles. The predicted molar refractivity (Wildman–Crippen MR) is 90.5 cm³/mol. The number of methoxy groups -OCH3 is 2. The minimum Gasteiger partial charge on any atom is -0.493 e. The standard InChI is InChI=1S/C17H18N2O6/c1-23-14-8-7-12(11-13(14)19(21)22)17(20)18-9-10-25-16-6-4-3-5-15(16)24-2/h3-8,11H,9-10H2,1-2H3,(H,18,20). The van der Waals surface area contributed by atoms with E-state index in [9.17, 15) is 14.9 Å². The monoisotopic (exact) mass is 346 g/mol. The lowest BCUT2D eigenvalue weighted by molar-refractivity contribution is -0.385. The van der Waals surface area contributed by atoms with Gasteiger partial charge in [0.15, 0.2) is 17.2 Å². The fraction of sp³-hybridized carbons (Fsp3) is 0.235. The molecule has 0 bridgehead atoms. The number of amides is 1. The van der Waals surface area contributed by atoms with Gasteiger partial charge < -0.3 is 19.5 Å². The maximum atomic E-state index is 12.1. The zero-order chi connectivity index (χ0) is 18.2. The van der Waals surface area contributed by atoms with Crippen molar-refractivity contribution in [2.24, 2.45) is 0 Å². The summed E-state index contributed by atoms with van der Waals surface area (Å²) in [6.45, 7) is 0.459. The van der Waals surface area contributed by atoms with Crippen LogP contribution in [0, 0.1) is 10.1 Å². The number of ether oxygens (including phenoxy) is 3. The summed E-state index contributed by atoms with van der Waals surface area (Å²) in [6, 6.07) is 11.2. The summed E-state index contributed by atoms with van der Waals surface area (Å²) in [5, 5.41) is 13.6. The molecule has 2 aromatic carbocycles. The summed E-state index contributed by atoms with van der Waals surface area (Å²) in [6.07, 6.45) is 0. The van der Waals surface area contributed by atoms with Gasteiger partial charge in [0.25, 0.3) is 5.91 Å². The van der Waals surface area contributed by atoms with E-state index in [1.165, 1.54) is 25.3 Å². The van der Waals surface area contributed by atoms with Crippen LogP contribution >= 0.6 is 0 Å². The van der Waals surface area contributed by atoms with Crippen LogP contribution in [0.15, 0.2) is 42.5 Å². The zero-order valence-electron chi connectivity index (χ0n) is 13.9. The van der Waals surface area contributed by atoms with Gasteiger partial charge in [-0.15, -0.1) is 0 Å². The van der Waals surface area contributed by atoms with E-state index < -0.39 is 10.8 Å². The minimum atomic E-state index is -0.597. The highest BCUT2D eigenvalue weighted by atomic mass is 16.6. The smallest absolute Gasteiger partial charge is 0.311 e. The highest BCUT2D eigenvalue weighted by Gasteiger charge is 2.18. The number of nitro benzene ring substituents is 1. The Labute approximate surface area is 144 Å². The van der Waals surface area contributed by atoms with Crippen LogP contribution in [0.1, 0.15) is 10.4 Å². The number of para-hydroxylation sites is 2. The van der Waals surface area contributed by atoms with Crippen LogP contribution in [-0.2, 0) is 0 Å². The number of nitrogens with zero attached hydrogens (tertiary/aromatic N) is 1. The van der Waals surface area contributed by atoms with E-state index in [1.54, 1.807) is 19.2 Å². The van der Waals surface area contributed by atoms with Crippen molar-refractivity contribution in [1.82, 2.24) is 5.32 Å². The number of carbonyl (C=O) groups excluding carboxylic acids is 1. The van der Waals surface area contributed by atoms with Crippen LogP contribution in [-0.4, -0.2) is 38.2 Å². The minimum absolute atomic E-state index is 0.0982. The van der Waals surface area contributed by atoms with Gasteiger partial charge in [-0.05, 0) is 24.3 Å². The number of rotatable bonds is 8. The lowest BCUT2D eigenvalue weighted by Gasteiger charge is -2.11. The summed E-state index contributed by atoms with van der Waals surface area (Å²) in [5.41, 5.74) is -0.0924. The molecule has 0 radical (unpaired) electrons. The second kappa shape index (κ2) is 8.53. The highest BCUT2D eigenvalue weighted by Crippen LogP contribution is 2.27. The van der Waals surface area contributed by atoms with E-state index in [1.807, 2.05) is 12.1 Å². The van der Waals surface area contributed by atoms with Crippen molar-refractivity contribution in [2.45, 2.75) is 0 Å². The van der Waals surface area contributed by atoms with Gasteiger partial charge >= 0.3 is 5.69 Å². The molecule has 8 heteroatoms. The molecule has 2 aromatic rings. The number of nitro groups is 1. The van der Waals surface area contributed by atoms with Crippen LogP contribution in [0.3, 0.4) is 0 Å². The molecule has 25 heavy (non-hydrogen) atoms. The van der Waals surface area contributed by atoms with E-state index in [0.29, 0.717) is 11.5 Å². The molecule has 0 saturated heterocycles. The van der Waals surface area contributed by atoms with Gasteiger partial charge in [-0.25, -0.2) is 0 Å². The first-order valence-corrected chi connectivity index (χ1v) is 7.43. The second-order valence-corrected chi connectivity index (χ2v) is 4.90. The molecule has 2 rings (SSSR count). The maximum Gasteiger partial charge on any atom is 0.311 e. The third-order valence-electron chi connectivity index (χ3n) is 3.35. The molecule has 0 fully saturated rings. The summed E-state index contributed by atoms with van der Waals surface area (Å²) >= 11 is 0. The Morgan fingerprint density at radius 2 is 1.76 bits per heavy atom. The predicted octanol–water partition coefficient (Wildman–Crippen LogP) is 2.42. The van der Waals surface area contributed by atoms with Gasteiger partial charge in [0.1, 0.15) is 6.61 Å². The average molecular weight is 346 g/mol. The molecule has 0 aliphatic carbocycles. The normalized spacial score (nSPS) is 10.0. The molecule has 0 aliphatic rings. The summed E-state index contributed by atoms with van der Waals surface area (Å²) in [7, 11) is 2.87. The Morgan fingerprint density at radius 3 is 2.40 bits per heavy atom. The summed E-state index contributed by atoms with van der Waals surface area (Å²) < 4.78 is 15.6. The van der Waals surface area contributed by atoms with Gasteiger partial charge in [0.05, 0.1) is 25.7 Å². The largest absolute Gasteiger partial charge is 0.493 e. The first-order valence-electron chi connectivity index (χ1n) is 7.43. The van der Waals surface area contributed by atoms with Gasteiger partial charge in [-0.3, -0.25) is 14.9 Å². The molecule has 0 heterocycles. The van der Waals surface area contributed by atoms with Crippen LogP contribution in [0.5, 0.6) is 17.2 Å². The molecule has 8 nitrogen and oxygen atoms in total. The molecule has 0 aliphatic heterocycles. The molecule has 0 unspecified atom stereocenters. The number of hydrogen-bond acceptors (Lipinski definition) is 6. The van der Waals surface area contributed by atoms with Crippen LogP contribution in [0.2, 0.25) is 0 Å². The van der Waals surface area contributed by atoms with Crippen molar-refractivity contribution in [2.75, 3.05) is 27.4 Å². The van der Waals surface area contributed by atoms with Crippen LogP contribution < -0.4 is 19.5 Å². The average Bonchev–Trinajstić information content (AvgIpc) is 2.64. The van der Waals surface area contributed by atoms with Gasteiger partial charge in [-0.1, -0.05) is 12.1 Å². The van der Waals surface area contributed by atoms with Crippen molar-refractivity contribution in [3.63, 3.8) is 0 Å². The van der Waals surface area contributed by atoms with E-state index in [2.05, 4.69) is 5.32 Å². The molecular weight excluding hydrogens is 328 g/mol. The van der Waals surface area contributed by atoms with Crippen molar-refractivity contribution in [1.29, 1.82) is 0 Å². The van der Waals surface area contributed by atoms with E-state index in [-0.39, 0.29) is 30.2 Å². The second-order valence-electron chi connectivity index (χ2n) is 4.90. The molecule has 1 amide bonds. The van der Waals surface area contributed by atoms with E-state index in [0.717, 1.165) is 0 Å². The third-order valence-corrected chi connectivity index (χ3v) is 3.35. The quantitative estimate of drug-likeness (QED) is 0.448. The molecule has 0 spiro atoms. The Bertz CT molecular complexity index is 763. The fourth-order valence-corrected chi connectivity index (χ4v) is 2.14. The van der Waals surface area contributed by atoms with Crippen LogP contribution in [0.25, 0.3) is 0 Å². The number of hydrogen-bond donors (Lipinski definition) is 1. The van der Waals surface area contributed by atoms with Crippen molar-refractivity contribution in [3.05, 3.63) is 58.1 Å². The first-order chi connectivity index (χ1) is 12.1. The van der Waals surface area contributed by atoms with Crippen molar-refractivity contribution < 1.29 is 23.9 Å². The van der Waals surface area contributed by atoms with Crippen LogP contribution in [0.4, 0.5) is 5.69 Å². The molecule has 0 aromatic heterocycles. The number of benzene rings is 2. The van der Waals surface area contributed by atoms with E-state index in [4.69, 9.17) is 14.2 Å². The number of carbonyl (C=O) groups is 1. The lowest BCUT2D eigenvalue weighted by atomic mass is 10.1. The third kappa shape index (κ3) is 4.60. The fourth-order valence-electron chi connectivity index (χ4n) is 2.14. The maximum absolute atomic E-state index is 12.1. The molecule has 1 N–H and O–H groups in total. The summed E-state index contributed by atoms with van der Waals surface area (Å²) in [4.78, 5) is 22.5. The topological polar surface area (TPSA) is 99.9 Å². The molecular formula is C17H18N2O6. The lowest BCUT2D eigenvalue weighted by Crippen LogP contribution is -2.28. The van der Waals surface area contributed by atoms with Gasteiger partial charge in [-0.2, -0.15) is 0 Å².